The van der Waals surface area contributed by atoms with E-state index in [4.69, 9.17) is 0 Å². The zero-order valence-corrected chi connectivity index (χ0v) is 10.0. The molecule has 1 unspecified atom stereocenters. The van der Waals surface area contributed by atoms with Crippen molar-refractivity contribution in [1.29, 1.82) is 0 Å². The van der Waals surface area contributed by atoms with Crippen molar-refractivity contribution in [2.75, 3.05) is 13.1 Å². The van der Waals surface area contributed by atoms with Crippen LogP contribution in [-0.2, 0) is 0 Å². The molecule has 1 fully saturated rings. The smallest absolute Gasteiger partial charge is 0.0125 e. The molecule has 0 spiro atoms. The van der Waals surface area contributed by atoms with Gasteiger partial charge in [0, 0.05) is 12.1 Å². The predicted molar refractivity (Wildman–Crippen MR) is 65.1 cm³/mol. The van der Waals surface area contributed by atoms with Gasteiger partial charge in [0.05, 0.1) is 0 Å². The summed E-state index contributed by atoms with van der Waals surface area (Å²) in [6.07, 6.45) is 1.31. The van der Waals surface area contributed by atoms with Crippen molar-refractivity contribution < 1.29 is 0 Å². The molecule has 0 amide bonds. The van der Waals surface area contributed by atoms with E-state index in [0.29, 0.717) is 5.54 Å². The third-order valence-corrected chi connectivity index (χ3v) is 3.41. The summed E-state index contributed by atoms with van der Waals surface area (Å²) in [5.41, 5.74) is 1.83. The molecule has 1 saturated heterocycles. The summed E-state index contributed by atoms with van der Waals surface area (Å²) in [7, 11) is 0. The molecule has 0 aliphatic carbocycles. The first-order valence-corrected chi connectivity index (χ1v) is 5.87. The number of nitrogens with zero attached hydrogens (tertiary/aromatic N) is 1. The molecule has 15 heavy (non-hydrogen) atoms. The normalized spacial score (nSPS) is 23.3. The first kappa shape index (κ1) is 10.7. The second-order valence-corrected chi connectivity index (χ2v) is 5.51. The summed E-state index contributed by atoms with van der Waals surface area (Å²) in [4.78, 5) is 2.59. The summed E-state index contributed by atoms with van der Waals surface area (Å²) in [5.74, 6) is 0.741. The van der Waals surface area contributed by atoms with Crippen molar-refractivity contribution in [1.82, 2.24) is 4.90 Å². The molecule has 2 rings (SSSR count). The molecule has 82 valence electrons. The molecular formula is C14H21N. The SMILES string of the molecule is CC(C)(C)N1CCC(c2ccccc2)C1. The third kappa shape index (κ3) is 2.40. The average Bonchev–Trinajstić information content (AvgIpc) is 2.67. The van der Waals surface area contributed by atoms with Gasteiger partial charge in [-0.05, 0) is 45.2 Å². The van der Waals surface area contributed by atoms with E-state index in [2.05, 4.69) is 56.0 Å². The van der Waals surface area contributed by atoms with E-state index in [0.717, 1.165) is 5.92 Å². The summed E-state index contributed by atoms with van der Waals surface area (Å²) in [5, 5.41) is 0. The quantitative estimate of drug-likeness (QED) is 0.677. The fourth-order valence-electron chi connectivity index (χ4n) is 2.37. The fourth-order valence-corrected chi connectivity index (χ4v) is 2.37. The summed E-state index contributed by atoms with van der Waals surface area (Å²) in [6, 6.07) is 10.9. The Morgan fingerprint density at radius 1 is 1.13 bits per heavy atom. The van der Waals surface area contributed by atoms with Gasteiger partial charge in [-0.1, -0.05) is 30.3 Å². The van der Waals surface area contributed by atoms with E-state index in [1.807, 2.05) is 0 Å². The van der Waals surface area contributed by atoms with Gasteiger partial charge in [0.25, 0.3) is 0 Å². The molecule has 1 aromatic carbocycles. The van der Waals surface area contributed by atoms with Gasteiger partial charge in [0.2, 0.25) is 0 Å². The highest BCUT2D eigenvalue weighted by molar-refractivity contribution is 5.21. The highest BCUT2D eigenvalue weighted by atomic mass is 15.2. The van der Waals surface area contributed by atoms with Crippen LogP contribution in [0.15, 0.2) is 30.3 Å². The summed E-state index contributed by atoms with van der Waals surface area (Å²) >= 11 is 0. The largest absolute Gasteiger partial charge is 0.298 e. The van der Waals surface area contributed by atoms with Crippen LogP contribution in [0.2, 0.25) is 0 Å². The van der Waals surface area contributed by atoms with Crippen molar-refractivity contribution in [3.05, 3.63) is 35.9 Å². The van der Waals surface area contributed by atoms with Crippen molar-refractivity contribution >= 4 is 0 Å². The zero-order chi connectivity index (χ0) is 10.9. The molecule has 1 heteroatoms. The van der Waals surface area contributed by atoms with Crippen LogP contribution in [-0.4, -0.2) is 23.5 Å². The van der Waals surface area contributed by atoms with Gasteiger partial charge >= 0.3 is 0 Å². The van der Waals surface area contributed by atoms with Crippen LogP contribution in [0, 0.1) is 0 Å². The predicted octanol–water partition coefficient (Wildman–Crippen LogP) is 3.27. The maximum absolute atomic E-state index is 2.59. The Labute approximate surface area is 93.1 Å². The fraction of sp³-hybridized carbons (Fsp3) is 0.571. The molecule has 1 heterocycles. The molecular weight excluding hydrogens is 182 g/mol. The summed E-state index contributed by atoms with van der Waals surface area (Å²) < 4.78 is 0. The topological polar surface area (TPSA) is 3.24 Å². The van der Waals surface area contributed by atoms with E-state index in [9.17, 15) is 0 Å². The second-order valence-electron chi connectivity index (χ2n) is 5.51. The van der Waals surface area contributed by atoms with Crippen LogP contribution in [0.3, 0.4) is 0 Å². The van der Waals surface area contributed by atoms with Crippen LogP contribution in [0.4, 0.5) is 0 Å². The molecule has 1 aromatic rings. The van der Waals surface area contributed by atoms with Gasteiger partial charge in [-0.2, -0.15) is 0 Å². The van der Waals surface area contributed by atoms with Crippen LogP contribution in [0.5, 0.6) is 0 Å². The van der Waals surface area contributed by atoms with Crippen molar-refractivity contribution in [3.63, 3.8) is 0 Å². The Morgan fingerprint density at radius 2 is 1.80 bits per heavy atom. The number of hydrogen-bond donors (Lipinski definition) is 0. The lowest BCUT2D eigenvalue weighted by molar-refractivity contribution is 0.173. The molecule has 0 aromatic heterocycles. The molecule has 0 radical (unpaired) electrons. The molecule has 0 N–H and O–H groups in total. The van der Waals surface area contributed by atoms with Crippen LogP contribution >= 0.6 is 0 Å². The maximum Gasteiger partial charge on any atom is 0.0125 e. The Morgan fingerprint density at radius 3 is 2.33 bits per heavy atom. The lowest BCUT2D eigenvalue weighted by atomic mass is 9.98. The average molecular weight is 203 g/mol. The second kappa shape index (κ2) is 3.97. The molecule has 1 nitrogen and oxygen atoms in total. The van der Waals surface area contributed by atoms with Gasteiger partial charge in [-0.15, -0.1) is 0 Å². The minimum Gasteiger partial charge on any atom is -0.298 e. The standard InChI is InChI=1S/C14H21N/c1-14(2,3)15-10-9-13(11-15)12-7-5-4-6-8-12/h4-8,13H,9-11H2,1-3H3. The highest BCUT2D eigenvalue weighted by Crippen LogP contribution is 2.31. The van der Waals surface area contributed by atoms with E-state index in [-0.39, 0.29) is 0 Å². The lowest BCUT2D eigenvalue weighted by Gasteiger charge is -2.31. The number of hydrogen-bond acceptors (Lipinski definition) is 1. The van der Waals surface area contributed by atoms with E-state index in [1.165, 1.54) is 25.1 Å². The van der Waals surface area contributed by atoms with Gasteiger partial charge in [-0.3, -0.25) is 4.90 Å². The Kier molecular flexibility index (Phi) is 2.83. The number of likely N-dealkylation sites (tertiary alicyclic amines) is 1. The third-order valence-electron chi connectivity index (χ3n) is 3.41. The lowest BCUT2D eigenvalue weighted by Crippen LogP contribution is -2.39. The van der Waals surface area contributed by atoms with Crippen LogP contribution < -0.4 is 0 Å². The minimum absolute atomic E-state index is 0.323. The molecule has 1 atom stereocenters. The first-order chi connectivity index (χ1) is 7.07. The van der Waals surface area contributed by atoms with Gasteiger partial charge in [0.15, 0.2) is 0 Å². The van der Waals surface area contributed by atoms with Crippen LogP contribution in [0.25, 0.3) is 0 Å². The number of benzene rings is 1. The molecule has 0 saturated carbocycles. The van der Waals surface area contributed by atoms with E-state index in [1.54, 1.807) is 0 Å². The van der Waals surface area contributed by atoms with Crippen molar-refractivity contribution in [3.8, 4) is 0 Å². The maximum atomic E-state index is 2.59. The molecule has 1 aliphatic heterocycles. The van der Waals surface area contributed by atoms with Crippen molar-refractivity contribution in [2.45, 2.75) is 38.6 Å². The molecule has 1 aliphatic rings. The van der Waals surface area contributed by atoms with Crippen molar-refractivity contribution in [2.24, 2.45) is 0 Å². The first-order valence-electron chi connectivity index (χ1n) is 5.87. The zero-order valence-electron chi connectivity index (χ0n) is 10.0. The summed E-state index contributed by atoms with van der Waals surface area (Å²) in [6.45, 7) is 9.37. The van der Waals surface area contributed by atoms with E-state index >= 15 is 0 Å². The minimum atomic E-state index is 0.323. The van der Waals surface area contributed by atoms with Gasteiger partial charge < -0.3 is 0 Å². The highest BCUT2D eigenvalue weighted by Gasteiger charge is 2.30. The molecule has 0 bridgehead atoms. The Hall–Kier alpha value is -0.820. The Balaban J connectivity index is 2.05. The van der Waals surface area contributed by atoms with E-state index < -0.39 is 0 Å². The Bertz CT molecular complexity index is 310. The monoisotopic (exact) mass is 203 g/mol. The van der Waals surface area contributed by atoms with Gasteiger partial charge in [0.1, 0.15) is 0 Å². The van der Waals surface area contributed by atoms with Crippen LogP contribution in [0.1, 0.15) is 38.7 Å². The van der Waals surface area contributed by atoms with Gasteiger partial charge in [-0.25, -0.2) is 0 Å². The number of rotatable bonds is 1.